The first-order valence-electron chi connectivity index (χ1n) is 10.7. The summed E-state index contributed by atoms with van der Waals surface area (Å²) in [6.07, 6.45) is 3.15. The highest BCUT2D eigenvalue weighted by atomic mass is 16.2. The van der Waals surface area contributed by atoms with E-state index < -0.39 is 11.7 Å². The van der Waals surface area contributed by atoms with Crippen LogP contribution in [0.15, 0.2) is 58.1 Å². The number of fused-ring (bicyclic) bond motifs is 1. The number of para-hydroxylation sites is 2. The average Bonchev–Trinajstić information content (AvgIpc) is 3.31. The van der Waals surface area contributed by atoms with Gasteiger partial charge in [0.05, 0.1) is 16.6 Å². The van der Waals surface area contributed by atoms with Gasteiger partial charge in [0.2, 0.25) is 5.91 Å². The second-order valence-electron chi connectivity index (χ2n) is 7.75. The van der Waals surface area contributed by atoms with Gasteiger partial charge in [-0.25, -0.2) is 9.36 Å². The highest BCUT2D eigenvalue weighted by molar-refractivity contribution is 5.85. The number of hydrogen-bond acceptors (Lipinski definition) is 3. The van der Waals surface area contributed by atoms with Crippen LogP contribution in [0, 0.1) is 0 Å². The quantitative estimate of drug-likeness (QED) is 0.654. The van der Waals surface area contributed by atoms with E-state index in [1.807, 2.05) is 36.9 Å². The first-order chi connectivity index (χ1) is 14.6. The maximum absolute atomic E-state index is 13.7. The molecule has 0 aliphatic carbocycles. The summed E-state index contributed by atoms with van der Waals surface area (Å²) in [5.74, 6) is -0.0452. The molecule has 3 aromatic rings. The molecule has 0 bridgehead atoms. The molecular formula is C24H27N3O3. The van der Waals surface area contributed by atoms with Crippen LogP contribution in [0.4, 0.5) is 0 Å². The largest absolute Gasteiger partial charge is 0.341 e. The van der Waals surface area contributed by atoms with Crippen molar-refractivity contribution in [2.45, 2.75) is 45.6 Å². The molecule has 6 heteroatoms. The van der Waals surface area contributed by atoms with E-state index in [0.29, 0.717) is 29.4 Å². The molecule has 0 N–H and O–H groups in total. The van der Waals surface area contributed by atoms with E-state index in [9.17, 15) is 14.4 Å². The Morgan fingerprint density at radius 1 is 0.967 bits per heavy atom. The zero-order chi connectivity index (χ0) is 21.3. The number of carbonyl (C=O) groups excluding carboxylic acids is 1. The molecule has 1 atom stereocenters. The van der Waals surface area contributed by atoms with E-state index in [4.69, 9.17) is 0 Å². The predicted molar refractivity (Wildman–Crippen MR) is 118 cm³/mol. The van der Waals surface area contributed by atoms with Gasteiger partial charge in [-0.15, -0.1) is 0 Å². The molecule has 1 saturated heterocycles. The van der Waals surface area contributed by atoms with Gasteiger partial charge in [0.1, 0.15) is 6.04 Å². The fraction of sp³-hybridized carbons (Fsp3) is 0.375. The van der Waals surface area contributed by atoms with Gasteiger partial charge in [-0.1, -0.05) is 44.2 Å². The molecule has 6 nitrogen and oxygen atoms in total. The zero-order valence-electron chi connectivity index (χ0n) is 17.5. The van der Waals surface area contributed by atoms with Crippen LogP contribution in [-0.4, -0.2) is 33.0 Å². The van der Waals surface area contributed by atoms with Gasteiger partial charge in [0.25, 0.3) is 5.56 Å². The fourth-order valence-corrected chi connectivity index (χ4v) is 4.44. The smallest absolute Gasteiger partial charge is 0.336 e. The topological polar surface area (TPSA) is 64.3 Å². The van der Waals surface area contributed by atoms with Crippen molar-refractivity contribution in [3.8, 4) is 5.69 Å². The van der Waals surface area contributed by atoms with Gasteiger partial charge >= 0.3 is 5.69 Å². The Hall–Kier alpha value is -3.15. The second kappa shape index (κ2) is 8.30. The van der Waals surface area contributed by atoms with Crippen molar-refractivity contribution in [1.29, 1.82) is 0 Å². The summed E-state index contributed by atoms with van der Waals surface area (Å²) in [7, 11) is 0. The molecule has 1 aliphatic rings. The second-order valence-corrected chi connectivity index (χ2v) is 7.75. The van der Waals surface area contributed by atoms with Crippen molar-refractivity contribution >= 4 is 16.8 Å². The number of likely N-dealkylation sites (tertiary alicyclic amines) is 1. The molecule has 30 heavy (non-hydrogen) atoms. The maximum atomic E-state index is 13.7. The highest BCUT2D eigenvalue weighted by Crippen LogP contribution is 2.22. The molecular weight excluding hydrogens is 378 g/mol. The first kappa shape index (κ1) is 20.1. The number of hydrogen-bond donors (Lipinski definition) is 0. The molecule has 0 spiro atoms. The molecule has 1 aromatic heterocycles. The summed E-state index contributed by atoms with van der Waals surface area (Å²) < 4.78 is 2.77. The maximum Gasteiger partial charge on any atom is 0.336 e. The number of benzene rings is 2. The Balaban J connectivity index is 2.03. The molecule has 1 amide bonds. The summed E-state index contributed by atoms with van der Waals surface area (Å²) >= 11 is 0. The SMILES string of the molecule is CCc1ccccc1-n1c(=O)c2ccccc2n([C@@H](CC)C(=O)N2CCCC2)c1=O. The minimum atomic E-state index is -0.638. The Morgan fingerprint density at radius 2 is 1.63 bits per heavy atom. The average molecular weight is 405 g/mol. The third-order valence-corrected chi connectivity index (χ3v) is 6.01. The van der Waals surface area contributed by atoms with E-state index in [-0.39, 0.29) is 11.5 Å². The molecule has 2 aromatic carbocycles. The van der Waals surface area contributed by atoms with E-state index >= 15 is 0 Å². The standard InChI is InChI=1S/C24H27N3O3/c1-3-17-11-5-7-13-20(17)27-22(28)18-12-6-8-14-21(18)26(24(27)30)19(4-2)23(29)25-15-9-10-16-25/h5-8,11-14,19H,3-4,9-10,15-16H2,1-2H3/t19-/m0/s1. The lowest BCUT2D eigenvalue weighted by atomic mass is 10.1. The van der Waals surface area contributed by atoms with E-state index in [1.165, 1.54) is 9.13 Å². The Kier molecular flexibility index (Phi) is 5.57. The lowest BCUT2D eigenvalue weighted by Crippen LogP contribution is -2.45. The van der Waals surface area contributed by atoms with Gasteiger partial charge < -0.3 is 4.90 Å². The minimum Gasteiger partial charge on any atom is -0.341 e. The van der Waals surface area contributed by atoms with Crippen molar-refractivity contribution in [1.82, 2.24) is 14.0 Å². The number of aromatic nitrogens is 2. The lowest BCUT2D eigenvalue weighted by Gasteiger charge is -2.26. The van der Waals surface area contributed by atoms with Gasteiger partial charge in [-0.3, -0.25) is 14.2 Å². The Morgan fingerprint density at radius 3 is 2.33 bits per heavy atom. The van der Waals surface area contributed by atoms with Crippen LogP contribution in [-0.2, 0) is 11.2 Å². The summed E-state index contributed by atoms with van der Waals surface area (Å²) in [5.41, 5.74) is 1.20. The van der Waals surface area contributed by atoms with Crippen molar-refractivity contribution in [2.24, 2.45) is 0 Å². The Bertz CT molecular complexity index is 1200. The van der Waals surface area contributed by atoms with Crippen molar-refractivity contribution in [3.05, 3.63) is 74.9 Å². The lowest BCUT2D eigenvalue weighted by molar-refractivity contribution is -0.133. The number of nitrogens with zero attached hydrogens (tertiary/aromatic N) is 3. The van der Waals surface area contributed by atoms with Crippen molar-refractivity contribution < 1.29 is 4.79 Å². The van der Waals surface area contributed by atoms with Gasteiger partial charge in [0, 0.05) is 13.1 Å². The highest BCUT2D eigenvalue weighted by Gasteiger charge is 2.30. The van der Waals surface area contributed by atoms with Crippen LogP contribution in [0.25, 0.3) is 16.6 Å². The normalized spacial score (nSPS) is 14.9. The number of amides is 1. The van der Waals surface area contributed by atoms with Crippen molar-refractivity contribution in [3.63, 3.8) is 0 Å². The van der Waals surface area contributed by atoms with Crippen LogP contribution < -0.4 is 11.2 Å². The molecule has 0 saturated carbocycles. The molecule has 2 heterocycles. The molecule has 0 radical (unpaired) electrons. The molecule has 0 unspecified atom stereocenters. The Labute approximate surface area is 175 Å². The molecule has 1 aliphatic heterocycles. The summed E-state index contributed by atoms with van der Waals surface area (Å²) in [6, 6.07) is 13.9. The number of aryl methyl sites for hydroxylation is 1. The van der Waals surface area contributed by atoms with Crippen molar-refractivity contribution in [2.75, 3.05) is 13.1 Å². The number of carbonyl (C=O) groups is 1. The van der Waals surface area contributed by atoms with Crippen LogP contribution in [0.2, 0.25) is 0 Å². The van der Waals surface area contributed by atoms with E-state index in [1.54, 1.807) is 30.3 Å². The van der Waals surface area contributed by atoms with E-state index in [2.05, 4.69) is 0 Å². The minimum absolute atomic E-state index is 0.0452. The molecule has 4 rings (SSSR count). The van der Waals surface area contributed by atoms with Gasteiger partial charge in [0.15, 0.2) is 0 Å². The third-order valence-electron chi connectivity index (χ3n) is 6.01. The monoisotopic (exact) mass is 405 g/mol. The van der Waals surface area contributed by atoms with Gasteiger partial charge in [-0.05, 0) is 49.4 Å². The molecule has 156 valence electrons. The van der Waals surface area contributed by atoms with E-state index in [0.717, 1.165) is 31.5 Å². The number of rotatable bonds is 5. The van der Waals surface area contributed by atoms with Crippen LogP contribution in [0.3, 0.4) is 0 Å². The summed E-state index contributed by atoms with van der Waals surface area (Å²) in [4.78, 5) is 42.3. The fourth-order valence-electron chi connectivity index (χ4n) is 4.44. The summed E-state index contributed by atoms with van der Waals surface area (Å²) in [6.45, 7) is 5.35. The van der Waals surface area contributed by atoms with Gasteiger partial charge in [-0.2, -0.15) is 0 Å². The predicted octanol–water partition coefficient (Wildman–Crippen LogP) is 3.29. The van der Waals surface area contributed by atoms with Crippen LogP contribution >= 0.6 is 0 Å². The molecule has 1 fully saturated rings. The summed E-state index contributed by atoms with van der Waals surface area (Å²) in [5, 5.41) is 0.440. The first-order valence-corrected chi connectivity index (χ1v) is 10.7. The third kappa shape index (κ3) is 3.26. The zero-order valence-corrected chi connectivity index (χ0v) is 17.5. The van der Waals surface area contributed by atoms with Crippen LogP contribution in [0.1, 0.15) is 44.7 Å². The van der Waals surface area contributed by atoms with Crippen LogP contribution in [0.5, 0.6) is 0 Å².